The third kappa shape index (κ3) is 7.55. The second kappa shape index (κ2) is 10.7. The highest BCUT2D eigenvalue weighted by atomic mass is 31.2. The molecular formula is C13H23N2O4P. The van der Waals surface area contributed by atoms with E-state index in [1.807, 2.05) is 0 Å². The zero-order chi connectivity index (χ0) is 15.4. The van der Waals surface area contributed by atoms with Crippen molar-refractivity contribution in [2.75, 3.05) is 33.3 Å². The van der Waals surface area contributed by atoms with Gasteiger partial charge in [-0.2, -0.15) is 19.4 Å². The predicted molar refractivity (Wildman–Crippen MR) is 80.7 cm³/mol. The van der Waals surface area contributed by atoms with Crippen LogP contribution in [0.15, 0.2) is 50.6 Å². The maximum Gasteiger partial charge on any atom is 0.508 e. The summed E-state index contributed by atoms with van der Waals surface area (Å²) in [6.45, 7) is 15.8. The molecule has 0 N–H and O–H groups in total. The zero-order valence-corrected chi connectivity index (χ0v) is 12.8. The summed E-state index contributed by atoms with van der Waals surface area (Å²) in [5, 5.41) is 2.76. The molecular weight excluding hydrogens is 279 g/mol. The fourth-order valence-corrected chi connectivity index (χ4v) is 2.22. The Morgan fingerprint density at radius 2 is 1.15 bits per heavy atom. The van der Waals surface area contributed by atoms with E-state index in [0.717, 1.165) is 0 Å². The molecule has 20 heavy (non-hydrogen) atoms. The van der Waals surface area contributed by atoms with E-state index in [-0.39, 0.29) is 0 Å². The minimum Gasteiger partial charge on any atom is -0.288 e. The lowest BCUT2D eigenvalue weighted by molar-refractivity contribution is -0.127. The van der Waals surface area contributed by atoms with Gasteiger partial charge in [0.15, 0.2) is 0 Å². The van der Waals surface area contributed by atoms with Gasteiger partial charge in [-0.3, -0.25) is 4.52 Å². The Bertz CT molecular complexity index is 323. The minimum atomic E-state index is -3.77. The summed E-state index contributed by atoms with van der Waals surface area (Å²) in [7, 11) is -2.52. The molecule has 0 aromatic heterocycles. The number of hydrogen-bond acceptors (Lipinski definition) is 6. The van der Waals surface area contributed by atoms with Crippen LogP contribution in [-0.2, 0) is 18.3 Å². The SMILES string of the molecule is C=CCN(CC=C)OP(=O)(OC)ON(CC=C)CC=C. The van der Waals surface area contributed by atoms with Crippen LogP contribution in [0.4, 0.5) is 0 Å². The summed E-state index contributed by atoms with van der Waals surface area (Å²) >= 11 is 0. The summed E-state index contributed by atoms with van der Waals surface area (Å²) in [6, 6.07) is 0. The van der Waals surface area contributed by atoms with Gasteiger partial charge in [-0.05, 0) is 0 Å². The van der Waals surface area contributed by atoms with Crippen molar-refractivity contribution < 1.29 is 18.3 Å². The molecule has 7 heteroatoms. The van der Waals surface area contributed by atoms with Crippen molar-refractivity contribution in [2.24, 2.45) is 0 Å². The van der Waals surface area contributed by atoms with E-state index in [2.05, 4.69) is 26.3 Å². The molecule has 6 nitrogen and oxygen atoms in total. The Labute approximate surface area is 121 Å². The molecule has 0 fully saturated rings. The number of nitrogens with zero attached hydrogens (tertiary/aromatic N) is 2. The molecule has 0 saturated heterocycles. The molecule has 0 rings (SSSR count). The van der Waals surface area contributed by atoms with Crippen molar-refractivity contribution in [2.45, 2.75) is 0 Å². The Hall–Kier alpha value is -1.01. The van der Waals surface area contributed by atoms with Gasteiger partial charge in [0.25, 0.3) is 0 Å². The van der Waals surface area contributed by atoms with Crippen LogP contribution in [0.25, 0.3) is 0 Å². The van der Waals surface area contributed by atoms with Crippen LogP contribution in [0, 0.1) is 0 Å². The lowest BCUT2D eigenvalue weighted by atomic mass is 10.5. The topological polar surface area (TPSA) is 51.2 Å². The number of hydrogen-bond donors (Lipinski definition) is 0. The van der Waals surface area contributed by atoms with Crippen molar-refractivity contribution in [3.8, 4) is 0 Å². The highest BCUT2D eigenvalue weighted by molar-refractivity contribution is 7.48. The Morgan fingerprint density at radius 1 is 0.850 bits per heavy atom. The number of hydroxylamine groups is 4. The summed E-state index contributed by atoms with van der Waals surface area (Å²) < 4.78 is 27.9. The molecule has 0 unspecified atom stereocenters. The van der Waals surface area contributed by atoms with Gasteiger partial charge < -0.3 is 0 Å². The molecule has 0 radical (unpaired) electrons. The predicted octanol–water partition coefficient (Wildman–Crippen LogP) is 2.95. The summed E-state index contributed by atoms with van der Waals surface area (Å²) in [5.41, 5.74) is 0. The Morgan fingerprint density at radius 3 is 1.35 bits per heavy atom. The van der Waals surface area contributed by atoms with E-state index in [9.17, 15) is 4.57 Å². The molecule has 0 spiro atoms. The maximum absolute atomic E-state index is 12.4. The molecule has 0 aliphatic heterocycles. The molecule has 114 valence electrons. The molecule has 0 aliphatic carbocycles. The molecule has 0 aromatic carbocycles. The first-order chi connectivity index (χ1) is 9.55. The van der Waals surface area contributed by atoms with E-state index in [4.69, 9.17) is 13.8 Å². The maximum atomic E-state index is 12.4. The van der Waals surface area contributed by atoms with Crippen LogP contribution < -0.4 is 0 Å². The molecule has 0 aromatic rings. The van der Waals surface area contributed by atoms with E-state index >= 15 is 0 Å². The lowest BCUT2D eigenvalue weighted by Gasteiger charge is -2.27. The van der Waals surface area contributed by atoms with Crippen LogP contribution in [0.2, 0.25) is 0 Å². The fraction of sp³-hybridized carbons (Fsp3) is 0.385. The van der Waals surface area contributed by atoms with E-state index < -0.39 is 7.82 Å². The van der Waals surface area contributed by atoms with Gasteiger partial charge >= 0.3 is 7.82 Å². The third-order valence-corrected chi connectivity index (χ3v) is 3.29. The van der Waals surface area contributed by atoms with E-state index in [1.54, 1.807) is 24.3 Å². The van der Waals surface area contributed by atoms with Gasteiger partial charge in [0.1, 0.15) is 0 Å². The molecule has 0 aliphatic rings. The Kier molecular flexibility index (Phi) is 10.2. The number of rotatable bonds is 13. The average molecular weight is 302 g/mol. The van der Waals surface area contributed by atoms with Gasteiger partial charge in [0.05, 0.1) is 0 Å². The van der Waals surface area contributed by atoms with Crippen molar-refractivity contribution in [3.05, 3.63) is 50.6 Å². The van der Waals surface area contributed by atoms with Crippen LogP contribution >= 0.6 is 7.82 Å². The first-order valence-electron chi connectivity index (χ1n) is 6.03. The van der Waals surface area contributed by atoms with Gasteiger partial charge in [-0.1, -0.05) is 24.3 Å². The second-order valence-electron chi connectivity index (χ2n) is 3.64. The fourth-order valence-electron chi connectivity index (χ4n) is 1.22. The highest BCUT2D eigenvalue weighted by Gasteiger charge is 2.31. The largest absolute Gasteiger partial charge is 0.508 e. The quantitative estimate of drug-likeness (QED) is 0.296. The van der Waals surface area contributed by atoms with Gasteiger partial charge in [-0.25, -0.2) is 4.57 Å². The first-order valence-corrected chi connectivity index (χ1v) is 7.50. The van der Waals surface area contributed by atoms with E-state index in [0.29, 0.717) is 26.2 Å². The second-order valence-corrected chi connectivity index (χ2v) is 5.23. The molecule has 0 bridgehead atoms. The van der Waals surface area contributed by atoms with Crippen molar-refractivity contribution >= 4 is 7.82 Å². The van der Waals surface area contributed by atoms with Crippen LogP contribution in [0.1, 0.15) is 0 Å². The highest BCUT2D eigenvalue weighted by Crippen LogP contribution is 2.50. The third-order valence-electron chi connectivity index (χ3n) is 1.99. The van der Waals surface area contributed by atoms with Crippen molar-refractivity contribution in [1.29, 1.82) is 0 Å². The van der Waals surface area contributed by atoms with Crippen LogP contribution in [0.5, 0.6) is 0 Å². The summed E-state index contributed by atoms with van der Waals surface area (Å²) in [5.74, 6) is 0. The van der Waals surface area contributed by atoms with Gasteiger partial charge in [0, 0.05) is 33.3 Å². The number of phosphoric acid groups is 1. The van der Waals surface area contributed by atoms with Crippen LogP contribution in [0.3, 0.4) is 0 Å². The standard InChI is InChI=1S/C13H23N2O4P/c1-6-10-14(11-7-2)18-20(16,17-5)19-15(12-8-3)13-9-4/h6-9H,1-4,10-13H2,5H3. The smallest absolute Gasteiger partial charge is 0.288 e. The lowest BCUT2D eigenvalue weighted by Crippen LogP contribution is -2.28. The van der Waals surface area contributed by atoms with Crippen LogP contribution in [-0.4, -0.2) is 43.4 Å². The molecule has 0 atom stereocenters. The molecule has 0 saturated carbocycles. The Balaban J connectivity index is 4.81. The first kappa shape index (κ1) is 19.0. The normalized spacial score (nSPS) is 11.6. The average Bonchev–Trinajstić information content (AvgIpc) is 2.40. The summed E-state index contributed by atoms with van der Waals surface area (Å²) in [6.07, 6.45) is 6.42. The monoisotopic (exact) mass is 302 g/mol. The van der Waals surface area contributed by atoms with Gasteiger partial charge in [0.2, 0.25) is 0 Å². The van der Waals surface area contributed by atoms with Gasteiger partial charge in [-0.15, -0.1) is 26.3 Å². The molecule has 0 amide bonds. The molecule has 0 heterocycles. The summed E-state index contributed by atoms with van der Waals surface area (Å²) in [4.78, 5) is 0. The minimum absolute atomic E-state index is 0.353. The zero-order valence-electron chi connectivity index (χ0n) is 11.9. The van der Waals surface area contributed by atoms with Crippen molar-refractivity contribution in [3.63, 3.8) is 0 Å². The van der Waals surface area contributed by atoms with E-state index in [1.165, 1.54) is 17.2 Å². The van der Waals surface area contributed by atoms with Crippen molar-refractivity contribution in [1.82, 2.24) is 10.1 Å².